The van der Waals surface area contributed by atoms with E-state index in [-0.39, 0.29) is 6.54 Å². The molecule has 2 unspecified atom stereocenters. The van der Waals surface area contributed by atoms with E-state index in [0.29, 0.717) is 11.4 Å². The minimum Gasteiger partial charge on any atom is -0.389 e. The number of aliphatic hydroxyl groups is 2. The van der Waals surface area contributed by atoms with Gasteiger partial charge in [-0.25, -0.2) is 0 Å². The highest BCUT2D eigenvalue weighted by molar-refractivity contribution is 6.17. The molecule has 0 aromatic heterocycles. The SMILES string of the molecule is NCC(O)C(O)c1ccc(CCl)cc1. The molecule has 0 aliphatic carbocycles. The summed E-state index contributed by atoms with van der Waals surface area (Å²) in [6, 6.07) is 7.10. The highest BCUT2D eigenvalue weighted by atomic mass is 35.5. The van der Waals surface area contributed by atoms with Crippen LogP contribution in [-0.2, 0) is 5.88 Å². The molecule has 4 heteroatoms. The van der Waals surface area contributed by atoms with Crippen LogP contribution >= 0.6 is 11.6 Å². The summed E-state index contributed by atoms with van der Waals surface area (Å²) in [5.74, 6) is 0.440. The Kier molecular flexibility index (Phi) is 4.35. The fourth-order valence-corrected chi connectivity index (χ4v) is 1.33. The lowest BCUT2D eigenvalue weighted by molar-refractivity contribution is 0.0243. The second-order valence-electron chi connectivity index (χ2n) is 3.12. The van der Waals surface area contributed by atoms with Crippen LogP contribution in [0, 0.1) is 0 Å². The predicted molar refractivity (Wildman–Crippen MR) is 56.0 cm³/mol. The highest BCUT2D eigenvalue weighted by Gasteiger charge is 2.15. The average molecular weight is 216 g/mol. The van der Waals surface area contributed by atoms with Gasteiger partial charge in [0.05, 0.1) is 6.10 Å². The van der Waals surface area contributed by atoms with E-state index in [1.165, 1.54) is 0 Å². The van der Waals surface area contributed by atoms with E-state index in [1.54, 1.807) is 12.1 Å². The predicted octanol–water partition coefficient (Wildman–Crippen LogP) is 0.778. The Morgan fingerprint density at radius 3 is 2.21 bits per heavy atom. The quantitative estimate of drug-likeness (QED) is 0.651. The van der Waals surface area contributed by atoms with Gasteiger partial charge in [-0.3, -0.25) is 0 Å². The number of nitrogens with two attached hydrogens (primary N) is 1. The van der Waals surface area contributed by atoms with E-state index in [0.717, 1.165) is 5.56 Å². The molecule has 1 rings (SSSR count). The molecule has 1 aromatic rings. The summed E-state index contributed by atoms with van der Waals surface area (Å²) < 4.78 is 0. The largest absolute Gasteiger partial charge is 0.389 e. The Labute approximate surface area is 88.1 Å². The van der Waals surface area contributed by atoms with Gasteiger partial charge in [-0.1, -0.05) is 24.3 Å². The summed E-state index contributed by atoms with van der Waals surface area (Å²) in [6.07, 6.45) is -1.85. The van der Waals surface area contributed by atoms with Crippen molar-refractivity contribution in [3.63, 3.8) is 0 Å². The van der Waals surface area contributed by atoms with Crippen molar-refractivity contribution in [3.05, 3.63) is 35.4 Å². The number of benzene rings is 1. The van der Waals surface area contributed by atoms with Gasteiger partial charge >= 0.3 is 0 Å². The molecule has 4 N–H and O–H groups in total. The Hall–Kier alpha value is -0.610. The maximum absolute atomic E-state index is 9.59. The van der Waals surface area contributed by atoms with Crippen LogP contribution in [0.4, 0.5) is 0 Å². The molecule has 1 aromatic carbocycles. The van der Waals surface area contributed by atoms with Crippen LogP contribution in [0.25, 0.3) is 0 Å². The number of aliphatic hydroxyl groups excluding tert-OH is 2. The summed E-state index contributed by atoms with van der Waals surface area (Å²) in [5, 5.41) is 18.9. The smallest absolute Gasteiger partial charge is 0.106 e. The zero-order chi connectivity index (χ0) is 10.6. The highest BCUT2D eigenvalue weighted by Crippen LogP contribution is 2.17. The molecule has 14 heavy (non-hydrogen) atoms. The van der Waals surface area contributed by atoms with E-state index >= 15 is 0 Å². The Morgan fingerprint density at radius 2 is 1.79 bits per heavy atom. The van der Waals surface area contributed by atoms with Gasteiger partial charge in [-0.2, -0.15) is 0 Å². The standard InChI is InChI=1S/C10H14ClNO2/c11-5-7-1-3-8(4-2-7)10(14)9(13)6-12/h1-4,9-10,13-14H,5-6,12H2. The maximum atomic E-state index is 9.59. The first-order chi connectivity index (χ1) is 6.69. The van der Waals surface area contributed by atoms with Crippen molar-refractivity contribution in [2.24, 2.45) is 5.73 Å². The van der Waals surface area contributed by atoms with Gasteiger partial charge in [0.15, 0.2) is 0 Å². The topological polar surface area (TPSA) is 66.5 Å². The normalized spacial score (nSPS) is 15.1. The molecular weight excluding hydrogens is 202 g/mol. The average Bonchev–Trinajstić information content (AvgIpc) is 2.27. The Balaban J connectivity index is 2.75. The first-order valence-corrected chi connectivity index (χ1v) is 4.93. The first-order valence-electron chi connectivity index (χ1n) is 4.40. The summed E-state index contributed by atoms with van der Waals surface area (Å²) in [7, 11) is 0. The van der Waals surface area contributed by atoms with E-state index in [1.807, 2.05) is 12.1 Å². The number of rotatable bonds is 4. The third-order valence-electron chi connectivity index (χ3n) is 2.08. The minimum absolute atomic E-state index is 0.0401. The van der Waals surface area contributed by atoms with Crippen LogP contribution in [0.5, 0.6) is 0 Å². The van der Waals surface area contributed by atoms with Gasteiger partial charge in [0.2, 0.25) is 0 Å². The Morgan fingerprint density at radius 1 is 1.21 bits per heavy atom. The van der Waals surface area contributed by atoms with Crippen LogP contribution < -0.4 is 5.73 Å². The molecule has 0 fully saturated rings. The minimum atomic E-state index is -0.927. The number of alkyl halides is 1. The summed E-state index contributed by atoms with van der Waals surface area (Å²) in [4.78, 5) is 0. The molecular formula is C10H14ClNO2. The van der Waals surface area contributed by atoms with Gasteiger partial charge in [0.25, 0.3) is 0 Å². The Bertz CT molecular complexity index is 276. The van der Waals surface area contributed by atoms with Gasteiger partial charge in [0.1, 0.15) is 6.10 Å². The maximum Gasteiger partial charge on any atom is 0.106 e. The molecule has 0 heterocycles. The summed E-state index contributed by atoms with van der Waals surface area (Å²) in [5.41, 5.74) is 6.86. The molecule has 0 radical (unpaired) electrons. The van der Waals surface area contributed by atoms with Crippen LogP contribution in [0.2, 0.25) is 0 Å². The molecule has 0 aliphatic heterocycles. The molecule has 3 nitrogen and oxygen atoms in total. The molecule has 0 aliphatic rings. The van der Waals surface area contributed by atoms with Crippen molar-refractivity contribution in [2.45, 2.75) is 18.1 Å². The molecule has 0 bridgehead atoms. The van der Waals surface area contributed by atoms with Crippen molar-refractivity contribution in [1.82, 2.24) is 0 Å². The van der Waals surface area contributed by atoms with Crippen molar-refractivity contribution < 1.29 is 10.2 Å². The van der Waals surface area contributed by atoms with Crippen molar-refractivity contribution in [3.8, 4) is 0 Å². The third-order valence-corrected chi connectivity index (χ3v) is 2.39. The van der Waals surface area contributed by atoms with Crippen molar-refractivity contribution in [2.75, 3.05) is 6.54 Å². The molecule has 0 amide bonds. The summed E-state index contributed by atoms with van der Waals surface area (Å²) >= 11 is 5.62. The molecule has 78 valence electrons. The monoisotopic (exact) mass is 215 g/mol. The van der Waals surface area contributed by atoms with Crippen LogP contribution in [-0.4, -0.2) is 22.9 Å². The third kappa shape index (κ3) is 2.69. The van der Waals surface area contributed by atoms with E-state index in [2.05, 4.69) is 0 Å². The molecule has 2 atom stereocenters. The zero-order valence-corrected chi connectivity index (χ0v) is 8.48. The lowest BCUT2D eigenvalue weighted by Gasteiger charge is -2.16. The second-order valence-corrected chi connectivity index (χ2v) is 3.39. The summed E-state index contributed by atoms with van der Waals surface area (Å²) in [6.45, 7) is 0.0401. The number of hydrogen-bond acceptors (Lipinski definition) is 3. The van der Waals surface area contributed by atoms with Gasteiger partial charge < -0.3 is 15.9 Å². The number of halogens is 1. The lowest BCUT2D eigenvalue weighted by atomic mass is 10.0. The fourth-order valence-electron chi connectivity index (χ4n) is 1.15. The molecule has 0 saturated carbocycles. The van der Waals surface area contributed by atoms with E-state index in [9.17, 15) is 10.2 Å². The van der Waals surface area contributed by atoms with Crippen molar-refractivity contribution >= 4 is 11.6 Å². The fraction of sp³-hybridized carbons (Fsp3) is 0.400. The van der Waals surface area contributed by atoms with Gasteiger partial charge in [-0.15, -0.1) is 11.6 Å². The van der Waals surface area contributed by atoms with Gasteiger partial charge in [-0.05, 0) is 11.1 Å². The zero-order valence-electron chi connectivity index (χ0n) is 7.73. The van der Waals surface area contributed by atoms with Crippen molar-refractivity contribution in [1.29, 1.82) is 0 Å². The van der Waals surface area contributed by atoms with E-state index in [4.69, 9.17) is 17.3 Å². The molecule has 0 saturated heterocycles. The lowest BCUT2D eigenvalue weighted by Crippen LogP contribution is -2.27. The number of hydrogen-bond donors (Lipinski definition) is 3. The van der Waals surface area contributed by atoms with E-state index < -0.39 is 12.2 Å². The van der Waals surface area contributed by atoms with Gasteiger partial charge in [0, 0.05) is 12.4 Å². The van der Waals surface area contributed by atoms with Crippen LogP contribution in [0.3, 0.4) is 0 Å². The molecule has 0 spiro atoms. The van der Waals surface area contributed by atoms with Crippen LogP contribution in [0.15, 0.2) is 24.3 Å². The first kappa shape index (κ1) is 11.5. The second kappa shape index (κ2) is 5.32. The van der Waals surface area contributed by atoms with Crippen LogP contribution in [0.1, 0.15) is 17.2 Å².